The van der Waals surface area contributed by atoms with Crippen LogP contribution in [0.25, 0.3) is 0 Å². The molecule has 3 heteroatoms. The second kappa shape index (κ2) is 4.89. The molecule has 0 saturated carbocycles. The van der Waals surface area contributed by atoms with E-state index in [1.165, 1.54) is 0 Å². The van der Waals surface area contributed by atoms with Gasteiger partial charge in [-0.25, -0.2) is 0 Å². The third-order valence-corrected chi connectivity index (χ3v) is 2.33. The lowest BCUT2D eigenvalue weighted by Crippen LogP contribution is -2.36. The van der Waals surface area contributed by atoms with Crippen molar-refractivity contribution in [2.24, 2.45) is 0 Å². The van der Waals surface area contributed by atoms with Crippen molar-refractivity contribution in [3.05, 3.63) is 61.9 Å². The van der Waals surface area contributed by atoms with Gasteiger partial charge in [-0.15, -0.1) is 0 Å². The summed E-state index contributed by atoms with van der Waals surface area (Å²) in [6.07, 6.45) is -0.148. The van der Waals surface area contributed by atoms with Gasteiger partial charge >= 0.3 is 0 Å². The van der Waals surface area contributed by atoms with E-state index >= 15 is 0 Å². The van der Waals surface area contributed by atoms with Crippen LogP contribution in [-0.2, 0) is 0 Å². The second-order valence-electron chi connectivity index (χ2n) is 4.15. The molecule has 0 aliphatic carbocycles. The average molecular weight is 240 g/mol. The van der Waals surface area contributed by atoms with Crippen LogP contribution in [0.2, 0.25) is 0 Å². The molecule has 0 amide bonds. The predicted octanol–water partition coefficient (Wildman–Crippen LogP) is 1.47. The maximum Gasteiger partial charge on any atom is 0.270 e. The standard InChI is InChI=1S/C15H12O3/c1-10(2)18-15-12(13(16)14(15)17)9-8-11-6-4-3-5-7-11/h3-7,10H,1-2H3. The summed E-state index contributed by atoms with van der Waals surface area (Å²) < 4.78 is 5.28. The third kappa shape index (κ3) is 2.33. The fourth-order valence-electron chi connectivity index (χ4n) is 1.49. The normalized spacial score (nSPS) is 10.2. The Bertz CT molecular complexity index is 678. The number of rotatable bonds is 2. The molecule has 2 aromatic rings. The number of hydrogen-bond donors (Lipinski definition) is 0. The quantitative estimate of drug-likeness (QED) is 0.589. The van der Waals surface area contributed by atoms with Gasteiger partial charge in [0, 0.05) is 5.56 Å². The van der Waals surface area contributed by atoms with Crippen molar-refractivity contribution in [1.29, 1.82) is 0 Å². The zero-order chi connectivity index (χ0) is 13.1. The summed E-state index contributed by atoms with van der Waals surface area (Å²) in [5.41, 5.74) is -0.172. The van der Waals surface area contributed by atoms with Crippen molar-refractivity contribution in [3.8, 4) is 17.6 Å². The minimum atomic E-state index is -0.582. The van der Waals surface area contributed by atoms with E-state index in [0.717, 1.165) is 5.56 Å². The molecule has 2 rings (SSSR count). The zero-order valence-electron chi connectivity index (χ0n) is 10.2. The SMILES string of the molecule is CC(C)Oc1c(C#Cc2ccccc2)c(=O)c1=O. The van der Waals surface area contributed by atoms with Gasteiger partial charge in [0.2, 0.25) is 5.43 Å². The molecule has 0 spiro atoms. The maximum atomic E-state index is 11.4. The van der Waals surface area contributed by atoms with Gasteiger partial charge in [0.1, 0.15) is 5.56 Å². The van der Waals surface area contributed by atoms with Crippen LogP contribution in [0, 0.1) is 11.8 Å². The van der Waals surface area contributed by atoms with Crippen LogP contribution in [0.5, 0.6) is 5.75 Å². The molecular weight excluding hydrogens is 228 g/mol. The molecule has 0 fully saturated rings. The first-order valence-electron chi connectivity index (χ1n) is 5.66. The monoisotopic (exact) mass is 240 g/mol. The highest BCUT2D eigenvalue weighted by atomic mass is 16.5. The Morgan fingerprint density at radius 1 is 1.00 bits per heavy atom. The molecule has 0 aromatic heterocycles. The second-order valence-corrected chi connectivity index (χ2v) is 4.15. The smallest absolute Gasteiger partial charge is 0.270 e. The molecule has 0 bridgehead atoms. The first-order valence-corrected chi connectivity index (χ1v) is 5.66. The van der Waals surface area contributed by atoms with E-state index in [2.05, 4.69) is 11.8 Å². The molecule has 0 aliphatic rings. The summed E-state index contributed by atoms with van der Waals surface area (Å²) in [7, 11) is 0. The van der Waals surface area contributed by atoms with Crippen LogP contribution in [0.3, 0.4) is 0 Å². The van der Waals surface area contributed by atoms with E-state index < -0.39 is 10.9 Å². The molecule has 0 saturated heterocycles. The zero-order valence-corrected chi connectivity index (χ0v) is 10.2. The van der Waals surface area contributed by atoms with Gasteiger partial charge < -0.3 is 4.74 Å². The molecular formula is C15H12O3. The molecule has 0 unspecified atom stereocenters. The van der Waals surface area contributed by atoms with Crippen LogP contribution in [0.1, 0.15) is 25.0 Å². The Kier molecular flexibility index (Phi) is 3.29. The Morgan fingerprint density at radius 2 is 1.67 bits per heavy atom. The molecule has 18 heavy (non-hydrogen) atoms. The van der Waals surface area contributed by atoms with Crippen LogP contribution >= 0.6 is 0 Å². The van der Waals surface area contributed by atoms with Gasteiger partial charge in [0.05, 0.1) is 6.10 Å². The van der Waals surface area contributed by atoms with Crippen molar-refractivity contribution in [2.75, 3.05) is 0 Å². The van der Waals surface area contributed by atoms with Crippen molar-refractivity contribution in [1.82, 2.24) is 0 Å². The molecule has 0 aliphatic heterocycles. The van der Waals surface area contributed by atoms with Crippen LogP contribution < -0.4 is 15.6 Å². The maximum absolute atomic E-state index is 11.4. The highest BCUT2D eigenvalue weighted by Crippen LogP contribution is 2.11. The van der Waals surface area contributed by atoms with Crippen molar-refractivity contribution < 1.29 is 4.74 Å². The van der Waals surface area contributed by atoms with Gasteiger partial charge in [-0.3, -0.25) is 9.59 Å². The van der Waals surface area contributed by atoms with E-state index in [1.54, 1.807) is 13.8 Å². The largest absolute Gasteiger partial charge is 0.485 e. The Labute approximate surface area is 105 Å². The Balaban J connectivity index is 2.32. The van der Waals surface area contributed by atoms with Crippen LogP contribution in [-0.4, -0.2) is 6.10 Å². The molecule has 0 atom stereocenters. The number of ether oxygens (including phenoxy) is 1. The summed E-state index contributed by atoms with van der Waals surface area (Å²) >= 11 is 0. The van der Waals surface area contributed by atoms with Crippen molar-refractivity contribution in [2.45, 2.75) is 20.0 Å². The van der Waals surface area contributed by atoms with Gasteiger partial charge in [-0.2, -0.15) is 0 Å². The van der Waals surface area contributed by atoms with E-state index in [1.807, 2.05) is 30.3 Å². The van der Waals surface area contributed by atoms with Crippen LogP contribution in [0.15, 0.2) is 39.9 Å². The van der Waals surface area contributed by atoms with Crippen molar-refractivity contribution in [3.63, 3.8) is 0 Å². The fraction of sp³-hybridized carbons (Fsp3) is 0.200. The average Bonchev–Trinajstić information content (AvgIpc) is 2.38. The summed E-state index contributed by atoms with van der Waals surface area (Å²) in [4.78, 5) is 22.7. The van der Waals surface area contributed by atoms with Crippen molar-refractivity contribution >= 4 is 0 Å². The van der Waals surface area contributed by atoms with E-state index in [4.69, 9.17) is 4.74 Å². The summed E-state index contributed by atoms with van der Waals surface area (Å²) in [5.74, 6) is 5.64. The van der Waals surface area contributed by atoms with Gasteiger partial charge in [0.15, 0.2) is 5.75 Å². The minimum absolute atomic E-state index is 0.0958. The summed E-state index contributed by atoms with van der Waals surface area (Å²) in [5, 5.41) is 0. The van der Waals surface area contributed by atoms with Gasteiger partial charge in [-0.05, 0) is 26.0 Å². The van der Waals surface area contributed by atoms with E-state index in [9.17, 15) is 9.59 Å². The van der Waals surface area contributed by atoms with Crippen LogP contribution in [0.4, 0.5) is 0 Å². The minimum Gasteiger partial charge on any atom is -0.485 e. The third-order valence-electron chi connectivity index (χ3n) is 2.33. The van der Waals surface area contributed by atoms with E-state index in [0.29, 0.717) is 0 Å². The Hall–Kier alpha value is -2.34. The lowest BCUT2D eigenvalue weighted by Gasteiger charge is -2.11. The molecule has 3 nitrogen and oxygen atoms in total. The topological polar surface area (TPSA) is 43.4 Å². The first kappa shape index (κ1) is 12.1. The summed E-state index contributed by atoms with van der Waals surface area (Å²) in [6, 6.07) is 9.27. The fourth-order valence-corrected chi connectivity index (χ4v) is 1.49. The molecule has 0 heterocycles. The highest BCUT2D eigenvalue weighted by Gasteiger charge is 2.21. The highest BCUT2D eigenvalue weighted by molar-refractivity contribution is 5.53. The first-order chi connectivity index (χ1) is 8.59. The van der Waals surface area contributed by atoms with E-state index in [-0.39, 0.29) is 17.4 Å². The predicted molar refractivity (Wildman–Crippen MR) is 69.5 cm³/mol. The van der Waals surface area contributed by atoms with Gasteiger partial charge in [0.25, 0.3) is 5.43 Å². The number of benzene rings is 1. The number of hydrogen-bond acceptors (Lipinski definition) is 3. The lowest BCUT2D eigenvalue weighted by atomic mass is 10.1. The molecule has 0 N–H and O–H groups in total. The molecule has 0 radical (unpaired) electrons. The molecule has 90 valence electrons. The van der Waals surface area contributed by atoms with Gasteiger partial charge in [-0.1, -0.05) is 30.0 Å². The summed E-state index contributed by atoms with van der Waals surface area (Å²) in [6.45, 7) is 3.59. The Morgan fingerprint density at radius 3 is 2.28 bits per heavy atom. The lowest BCUT2D eigenvalue weighted by molar-refractivity contribution is 0.236. The molecule has 2 aromatic carbocycles.